The van der Waals surface area contributed by atoms with E-state index in [1.165, 1.54) is 5.56 Å². The first-order chi connectivity index (χ1) is 9.33. The fourth-order valence-electron chi connectivity index (χ4n) is 2.42. The van der Waals surface area contributed by atoms with Crippen LogP contribution in [-0.2, 0) is 13.0 Å². The lowest BCUT2D eigenvalue weighted by Crippen LogP contribution is -2.00. The first kappa shape index (κ1) is 12.2. The minimum absolute atomic E-state index is 0.320. The van der Waals surface area contributed by atoms with Gasteiger partial charge in [0.2, 0.25) is 0 Å². The molecule has 98 valence electrons. The van der Waals surface area contributed by atoms with E-state index in [4.69, 9.17) is 0 Å². The van der Waals surface area contributed by atoms with Crippen LogP contribution in [0.1, 0.15) is 35.2 Å². The summed E-state index contributed by atoms with van der Waals surface area (Å²) in [6.45, 7) is 0.979. The van der Waals surface area contributed by atoms with E-state index in [2.05, 4.69) is 28.8 Å². The summed E-state index contributed by atoms with van der Waals surface area (Å²) in [5, 5.41) is 0. The highest BCUT2D eigenvalue weighted by atomic mass is 16.1. The van der Waals surface area contributed by atoms with Gasteiger partial charge in [0, 0.05) is 30.4 Å². The zero-order valence-corrected chi connectivity index (χ0v) is 11.1. The normalized spacial score (nSPS) is 14.5. The molecule has 0 unspecified atom stereocenters. The van der Waals surface area contributed by atoms with Crippen molar-refractivity contribution in [2.75, 3.05) is 0 Å². The molecule has 1 heterocycles. The molecular weight excluding hydrogens is 234 g/mol. The number of benzene rings is 1. The van der Waals surface area contributed by atoms with Gasteiger partial charge in [0.15, 0.2) is 5.78 Å². The van der Waals surface area contributed by atoms with Crippen molar-refractivity contribution in [2.24, 2.45) is 5.92 Å². The van der Waals surface area contributed by atoms with Gasteiger partial charge in [0.1, 0.15) is 0 Å². The lowest BCUT2D eigenvalue weighted by Gasteiger charge is -2.03. The van der Waals surface area contributed by atoms with E-state index in [0.717, 1.165) is 37.8 Å². The van der Waals surface area contributed by atoms with Crippen LogP contribution < -0.4 is 0 Å². The largest absolute Gasteiger partial charge is 0.353 e. The van der Waals surface area contributed by atoms with Gasteiger partial charge in [-0.1, -0.05) is 30.3 Å². The second kappa shape index (κ2) is 5.43. The topological polar surface area (TPSA) is 22.0 Å². The van der Waals surface area contributed by atoms with Gasteiger partial charge >= 0.3 is 0 Å². The van der Waals surface area contributed by atoms with Crippen LogP contribution in [0.2, 0.25) is 0 Å². The van der Waals surface area contributed by atoms with Gasteiger partial charge < -0.3 is 4.57 Å². The van der Waals surface area contributed by atoms with Gasteiger partial charge in [-0.2, -0.15) is 0 Å². The third kappa shape index (κ3) is 3.14. The van der Waals surface area contributed by atoms with E-state index in [1.54, 1.807) is 0 Å². The smallest absolute Gasteiger partial charge is 0.167 e. The molecule has 1 aromatic heterocycles. The fraction of sp³-hybridized carbons (Fsp3) is 0.353. The van der Waals surface area contributed by atoms with E-state index >= 15 is 0 Å². The first-order valence-electron chi connectivity index (χ1n) is 7.07. The number of hydrogen-bond acceptors (Lipinski definition) is 1. The number of carbonyl (C=O) groups is 1. The maximum atomic E-state index is 11.9. The van der Waals surface area contributed by atoms with E-state index in [1.807, 2.05) is 24.5 Å². The minimum Gasteiger partial charge on any atom is -0.353 e. The van der Waals surface area contributed by atoms with Gasteiger partial charge in [0.05, 0.1) is 0 Å². The van der Waals surface area contributed by atoms with Crippen LogP contribution in [0.5, 0.6) is 0 Å². The van der Waals surface area contributed by atoms with Gasteiger partial charge in [-0.15, -0.1) is 0 Å². The summed E-state index contributed by atoms with van der Waals surface area (Å²) in [4.78, 5) is 11.9. The molecule has 2 heteroatoms. The van der Waals surface area contributed by atoms with Crippen LogP contribution in [0.15, 0.2) is 48.8 Å². The highest BCUT2D eigenvalue weighted by molar-refractivity contribution is 5.99. The Hall–Kier alpha value is -1.83. The van der Waals surface area contributed by atoms with E-state index in [0.29, 0.717) is 11.7 Å². The summed E-state index contributed by atoms with van der Waals surface area (Å²) in [6.07, 6.45) is 8.39. The van der Waals surface area contributed by atoms with Crippen molar-refractivity contribution in [3.63, 3.8) is 0 Å². The van der Waals surface area contributed by atoms with Crippen LogP contribution in [-0.4, -0.2) is 10.4 Å². The molecular formula is C17H19NO. The van der Waals surface area contributed by atoms with Crippen LogP contribution in [0.3, 0.4) is 0 Å². The Morgan fingerprint density at radius 3 is 2.68 bits per heavy atom. The maximum absolute atomic E-state index is 11.9. The third-order valence-corrected chi connectivity index (χ3v) is 3.71. The summed E-state index contributed by atoms with van der Waals surface area (Å²) in [5.74, 6) is 0.655. The van der Waals surface area contributed by atoms with Gasteiger partial charge in [0.25, 0.3) is 0 Å². The van der Waals surface area contributed by atoms with Crippen molar-refractivity contribution in [1.29, 1.82) is 0 Å². The van der Waals surface area contributed by atoms with Crippen LogP contribution in [0.25, 0.3) is 0 Å². The van der Waals surface area contributed by atoms with Crippen molar-refractivity contribution < 1.29 is 4.79 Å². The van der Waals surface area contributed by atoms with Crippen molar-refractivity contribution in [3.05, 3.63) is 59.9 Å². The fourth-order valence-corrected chi connectivity index (χ4v) is 2.42. The van der Waals surface area contributed by atoms with Gasteiger partial charge in [-0.25, -0.2) is 0 Å². The number of nitrogens with zero attached hydrogens (tertiary/aromatic N) is 1. The highest BCUT2D eigenvalue weighted by Gasteiger charge is 2.30. The Labute approximate surface area is 114 Å². The molecule has 0 N–H and O–H groups in total. The standard InChI is InChI=1S/C17H19NO/c19-17(15-8-9-15)16-10-12-18(13-16)11-4-7-14-5-2-1-3-6-14/h1-3,5-6,10,12-13,15H,4,7-9,11H2. The molecule has 0 spiro atoms. The molecule has 0 atom stereocenters. The van der Waals surface area contributed by atoms with Crippen molar-refractivity contribution >= 4 is 5.78 Å². The van der Waals surface area contributed by atoms with Crippen molar-refractivity contribution in [3.8, 4) is 0 Å². The number of Topliss-reactive ketones (excluding diaryl/α,β-unsaturated/α-hetero) is 1. The molecule has 1 aliphatic rings. The molecule has 0 radical (unpaired) electrons. The van der Waals surface area contributed by atoms with E-state index < -0.39 is 0 Å². The molecule has 2 nitrogen and oxygen atoms in total. The van der Waals surface area contributed by atoms with E-state index in [-0.39, 0.29) is 0 Å². The molecule has 1 aliphatic carbocycles. The molecule has 3 rings (SSSR count). The minimum atomic E-state index is 0.320. The zero-order valence-electron chi connectivity index (χ0n) is 11.1. The predicted molar refractivity (Wildman–Crippen MR) is 76.2 cm³/mol. The van der Waals surface area contributed by atoms with Crippen LogP contribution in [0, 0.1) is 5.92 Å². The lowest BCUT2D eigenvalue weighted by atomic mass is 10.1. The Bertz CT molecular complexity index is 552. The predicted octanol–water partition coefficient (Wildman–Crippen LogP) is 3.71. The monoisotopic (exact) mass is 253 g/mol. The van der Waals surface area contributed by atoms with Crippen molar-refractivity contribution in [1.82, 2.24) is 4.57 Å². The molecule has 1 fully saturated rings. The second-order valence-corrected chi connectivity index (χ2v) is 5.37. The molecule has 0 aliphatic heterocycles. The van der Waals surface area contributed by atoms with Crippen LogP contribution in [0.4, 0.5) is 0 Å². The molecule has 0 bridgehead atoms. The maximum Gasteiger partial charge on any atom is 0.167 e. The van der Waals surface area contributed by atoms with Crippen LogP contribution >= 0.6 is 0 Å². The molecule has 0 saturated heterocycles. The van der Waals surface area contributed by atoms with Crippen molar-refractivity contribution in [2.45, 2.75) is 32.2 Å². The summed E-state index contributed by atoms with van der Waals surface area (Å²) in [6, 6.07) is 12.5. The molecule has 19 heavy (non-hydrogen) atoms. The quantitative estimate of drug-likeness (QED) is 0.719. The molecule has 0 amide bonds. The summed E-state index contributed by atoms with van der Waals surface area (Å²) in [7, 11) is 0. The lowest BCUT2D eigenvalue weighted by molar-refractivity contribution is 0.0967. The Morgan fingerprint density at radius 1 is 1.16 bits per heavy atom. The number of rotatable bonds is 6. The zero-order chi connectivity index (χ0) is 13.1. The number of carbonyl (C=O) groups excluding carboxylic acids is 1. The number of ketones is 1. The summed E-state index contributed by atoms with van der Waals surface area (Å²) < 4.78 is 2.14. The number of aryl methyl sites for hydroxylation is 2. The summed E-state index contributed by atoms with van der Waals surface area (Å²) >= 11 is 0. The Balaban J connectivity index is 1.51. The Kier molecular flexibility index (Phi) is 3.49. The summed E-state index contributed by atoms with van der Waals surface area (Å²) in [5.41, 5.74) is 2.27. The number of hydrogen-bond donors (Lipinski definition) is 0. The average Bonchev–Trinajstić information content (AvgIpc) is 3.19. The van der Waals surface area contributed by atoms with Gasteiger partial charge in [-0.3, -0.25) is 4.79 Å². The highest BCUT2D eigenvalue weighted by Crippen LogP contribution is 2.32. The molecule has 1 saturated carbocycles. The SMILES string of the molecule is O=C(c1ccn(CCCc2ccccc2)c1)C1CC1. The Morgan fingerprint density at radius 2 is 1.95 bits per heavy atom. The molecule has 1 aromatic carbocycles. The van der Waals surface area contributed by atoms with E-state index in [9.17, 15) is 4.79 Å². The third-order valence-electron chi connectivity index (χ3n) is 3.71. The van der Waals surface area contributed by atoms with Gasteiger partial charge in [-0.05, 0) is 37.3 Å². The molecule has 2 aromatic rings. The first-order valence-corrected chi connectivity index (χ1v) is 7.07. The second-order valence-electron chi connectivity index (χ2n) is 5.37. The average molecular weight is 253 g/mol. The number of aromatic nitrogens is 1.